The Morgan fingerprint density at radius 1 is 1.28 bits per heavy atom. The molecule has 6 heteroatoms. The molecule has 96 valence electrons. The quantitative estimate of drug-likeness (QED) is 0.702. The van der Waals surface area contributed by atoms with Crippen molar-refractivity contribution in [2.75, 3.05) is 18.5 Å². The molecular weight excluding hydrogens is 234 g/mol. The second-order valence-electron chi connectivity index (χ2n) is 4.19. The molecule has 1 aliphatic heterocycles. The standard InChI is InChI=1S/C12H15N3O3/c13-11(16)7-1-2-9(12(14)17)10(5-7)15-8-3-4-18-6-8/h1-2,5,8,15H,3-4,6H2,(H2,13,16)(H2,14,17). The Labute approximate surface area is 104 Å². The van der Waals surface area contributed by atoms with Crippen molar-refractivity contribution in [3.05, 3.63) is 29.3 Å². The van der Waals surface area contributed by atoms with Gasteiger partial charge in [-0.3, -0.25) is 9.59 Å². The van der Waals surface area contributed by atoms with Gasteiger partial charge >= 0.3 is 0 Å². The van der Waals surface area contributed by atoms with Gasteiger partial charge in [0.2, 0.25) is 5.91 Å². The first-order valence-electron chi connectivity index (χ1n) is 5.66. The molecule has 1 aliphatic rings. The maximum atomic E-state index is 11.3. The summed E-state index contributed by atoms with van der Waals surface area (Å²) in [6.45, 7) is 1.25. The normalized spacial score (nSPS) is 18.6. The molecular formula is C12H15N3O3. The monoisotopic (exact) mass is 249 g/mol. The van der Waals surface area contributed by atoms with Gasteiger partial charge in [-0.25, -0.2) is 0 Å². The molecule has 1 fully saturated rings. The van der Waals surface area contributed by atoms with Crippen molar-refractivity contribution < 1.29 is 14.3 Å². The van der Waals surface area contributed by atoms with Gasteiger partial charge in [0, 0.05) is 17.9 Å². The molecule has 0 radical (unpaired) electrons. The molecule has 0 spiro atoms. The SMILES string of the molecule is NC(=O)c1ccc(C(N)=O)c(NC2CCOC2)c1. The van der Waals surface area contributed by atoms with E-state index >= 15 is 0 Å². The van der Waals surface area contributed by atoms with Crippen molar-refractivity contribution in [3.8, 4) is 0 Å². The maximum absolute atomic E-state index is 11.3. The molecule has 0 saturated carbocycles. The van der Waals surface area contributed by atoms with Gasteiger partial charge in [0.1, 0.15) is 0 Å². The smallest absolute Gasteiger partial charge is 0.250 e. The highest BCUT2D eigenvalue weighted by Crippen LogP contribution is 2.20. The molecule has 5 N–H and O–H groups in total. The number of primary amides is 2. The number of hydrogen-bond acceptors (Lipinski definition) is 4. The second-order valence-corrected chi connectivity index (χ2v) is 4.19. The van der Waals surface area contributed by atoms with Gasteiger partial charge in [-0.15, -0.1) is 0 Å². The lowest BCUT2D eigenvalue weighted by atomic mass is 10.1. The number of nitrogens with one attached hydrogen (secondary N) is 1. The Hall–Kier alpha value is -2.08. The Balaban J connectivity index is 2.30. The first kappa shape index (κ1) is 12.4. The van der Waals surface area contributed by atoms with Crippen LogP contribution in [0.25, 0.3) is 0 Å². The number of amides is 2. The highest BCUT2D eigenvalue weighted by molar-refractivity contribution is 6.01. The minimum atomic E-state index is -0.549. The fraction of sp³-hybridized carbons (Fsp3) is 0.333. The molecule has 0 aromatic heterocycles. The van der Waals surface area contributed by atoms with Gasteiger partial charge in [-0.1, -0.05) is 0 Å². The number of carbonyl (C=O) groups excluding carboxylic acids is 2. The molecule has 6 nitrogen and oxygen atoms in total. The zero-order valence-corrected chi connectivity index (χ0v) is 9.81. The molecule has 0 aliphatic carbocycles. The number of ether oxygens (including phenoxy) is 1. The predicted molar refractivity (Wildman–Crippen MR) is 66.3 cm³/mol. The highest BCUT2D eigenvalue weighted by Gasteiger charge is 2.18. The van der Waals surface area contributed by atoms with Crippen molar-refractivity contribution in [1.29, 1.82) is 0 Å². The van der Waals surface area contributed by atoms with E-state index in [2.05, 4.69) is 5.32 Å². The molecule has 0 bridgehead atoms. The third-order valence-electron chi connectivity index (χ3n) is 2.86. The highest BCUT2D eigenvalue weighted by atomic mass is 16.5. The average Bonchev–Trinajstić information content (AvgIpc) is 2.81. The summed E-state index contributed by atoms with van der Waals surface area (Å²) in [5, 5.41) is 3.15. The van der Waals surface area contributed by atoms with Crippen LogP contribution in [0.3, 0.4) is 0 Å². The lowest BCUT2D eigenvalue weighted by Crippen LogP contribution is -2.23. The van der Waals surface area contributed by atoms with Gasteiger partial charge in [0.15, 0.2) is 0 Å². The first-order chi connectivity index (χ1) is 8.58. The molecule has 2 amide bonds. The van der Waals surface area contributed by atoms with E-state index in [-0.39, 0.29) is 6.04 Å². The third kappa shape index (κ3) is 2.60. The average molecular weight is 249 g/mol. The number of anilines is 1. The Morgan fingerprint density at radius 3 is 2.61 bits per heavy atom. The molecule has 1 aromatic rings. The zero-order chi connectivity index (χ0) is 13.1. The van der Waals surface area contributed by atoms with E-state index in [0.29, 0.717) is 30.0 Å². The van der Waals surface area contributed by atoms with E-state index in [1.54, 1.807) is 6.07 Å². The molecule has 1 heterocycles. The van der Waals surface area contributed by atoms with Crippen molar-refractivity contribution in [2.45, 2.75) is 12.5 Å². The van der Waals surface area contributed by atoms with Crippen LogP contribution in [-0.4, -0.2) is 31.1 Å². The molecule has 18 heavy (non-hydrogen) atoms. The molecule has 1 aromatic carbocycles. The van der Waals surface area contributed by atoms with Crippen molar-refractivity contribution in [3.63, 3.8) is 0 Å². The van der Waals surface area contributed by atoms with Crippen LogP contribution in [-0.2, 0) is 4.74 Å². The predicted octanol–water partition coefficient (Wildman–Crippen LogP) is 0.0852. The van der Waals surface area contributed by atoms with Crippen LogP contribution in [0, 0.1) is 0 Å². The zero-order valence-electron chi connectivity index (χ0n) is 9.81. The van der Waals surface area contributed by atoms with Gasteiger partial charge in [0.25, 0.3) is 5.91 Å². The number of benzene rings is 1. The van der Waals surface area contributed by atoms with E-state index < -0.39 is 11.8 Å². The summed E-state index contributed by atoms with van der Waals surface area (Å²) in [5.74, 6) is -1.09. The van der Waals surface area contributed by atoms with Crippen LogP contribution < -0.4 is 16.8 Å². The minimum Gasteiger partial charge on any atom is -0.379 e. The van der Waals surface area contributed by atoms with Crippen molar-refractivity contribution >= 4 is 17.5 Å². The van der Waals surface area contributed by atoms with Crippen molar-refractivity contribution in [2.24, 2.45) is 11.5 Å². The van der Waals surface area contributed by atoms with Gasteiger partial charge in [-0.2, -0.15) is 0 Å². The lowest BCUT2D eigenvalue weighted by molar-refractivity contribution is 0.0989. The minimum absolute atomic E-state index is 0.117. The number of hydrogen-bond donors (Lipinski definition) is 3. The molecule has 1 saturated heterocycles. The lowest BCUT2D eigenvalue weighted by Gasteiger charge is -2.15. The van der Waals surface area contributed by atoms with Gasteiger partial charge < -0.3 is 21.5 Å². The van der Waals surface area contributed by atoms with Crippen LogP contribution >= 0.6 is 0 Å². The number of carbonyl (C=O) groups is 2. The van der Waals surface area contributed by atoms with E-state index in [1.807, 2.05) is 0 Å². The third-order valence-corrected chi connectivity index (χ3v) is 2.86. The summed E-state index contributed by atoms with van der Waals surface area (Å²) in [6, 6.07) is 4.64. The Kier molecular flexibility index (Phi) is 3.47. The van der Waals surface area contributed by atoms with Crippen LogP contribution in [0.5, 0.6) is 0 Å². The van der Waals surface area contributed by atoms with Crippen LogP contribution in [0.1, 0.15) is 27.1 Å². The summed E-state index contributed by atoms with van der Waals surface area (Å²) < 4.78 is 5.24. The van der Waals surface area contributed by atoms with Crippen LogP contribution in [0.2, 0.25) is 0 Å². The van der Waals surface area contributed by atoms with Crippen LogP contribution in [0.15, 0.2) is 18.2 Å². The number of rotatable bonds is 4. The number of nitrogens with two attached hydrogens (primary N) is 2. The van der Waals surface area contributed by atoms with E-state index in [4.69, 9.17) is 16.2 Å². The molecule has 2 rings (SSSR count). The van der Waals surface area contributed by atoms with E-state index in [0.717, 1.165) is 6.42 Å². The first-order valence-corrected chi connectivity index (χ1v) is 5.66. The summed E-state index contributed by atoms with van der Waals surface area (Å²) in [5.41, 5.74) is 11.7. The Bertz CT molecular complexity index is 481. The maximum Gasteiger partial charge on any atom is 0.250 e. The largest absolute Gasteiger partial charge is 0.379 e. The van der Waals surface area contributed by atoms with E-state index in [9.17, 15) is 9.59 Å². The molecule has 1 atom stereocenters. The Morgan fingerprint density at radius 2 is 2.06 bits per heavy atom. The molecule has 1 unspecified atom stereocenters. The summed E-state index contributed by atoms with van der Waals surface area (Å²) in [7, 11) is 0. The summed E-state index contributed by atoms with van der Waals surface area (Å²) in [6.07, 6.45) is 0.846. The second kappa shape index (κ2) is 5.05. The fourth-order valence-electron chi connectivity index (χ4n) is 1.90. The summed E-state index contributed by atoms with van der Waals surface area (Å²) in [4.78, 5) is 22.4. The van der Waals surface area contributed by atoms with Crippen molar-refractivity contribution in [1.82, 2.24) is 0 Å². The van der Waals surface area contributed by atoms with Gasteiger partial charge in [-0.05, 0) is 24.6 Å². The topological polar surface area (TPSA) is 107 Å². The summed E-state index contributed by atoms with van der Waals surface area (Å²) >= 11 is 0. The van der Waals surface area contributed by atoms with Crippen LogP contribution in [0.4, 0.5) is 5.69 Å². The van der Waals surface area contributed by atoms with E-state index in [1.165, 1.54) is 12.1 Å². The van der Waals surface area contributed by atoms with Gasteiger partial charge in [0.05, 0.1) is 18.2 Å². The fourth-order valence-corrected chi connectivity index (χ4v) is 1.90.